The Bertz CT molecular complexity index is 889. The molecule has 1 amide bonds. The number of nitrogens with one attached hydrogen (secondary N) is 1. The lowest BCUT2D eigenvalue weighted by Crippen LogP contribution is -2.10. The average molecular weight is 339 g/mol. The molecule has 0 bridgehead atoms. The van der Waals surface area contributed by atoms with Crippen molar-refractivity contribution in [2.24, 2.45) is 5.73 Å². The highest BCUT2D eigenvalue weighted by atomic mass is 32.1. The van der Waals surface area contributed by atoms with Crippen molar-refractivity contribution in [1.82, 2.24) is 4.98 Å². The summed E-state index contributed by atoms with van der Waals surface area (Å²) in [6, 6.07) is 15.7. The molecule has 0 spiro atoms. The molecule has 6 nitrogen and oxygen atoms in total. The summed E-state index contributed by atoms with van der Waals surface area (Å²) >= 11 is 1.05. The van der Waals surface area contributed by atoms with Crippen LogP contribution in [-0.4, -0.2) is 22.0 Å². The van der Waals surface area contributed by atoms with Gasteiger partial charge in [0.25, 0.3) is 0 Å². The van der Waals surface area contributed by atoms with Crippen LogP contribution in [0.25, 0.3) is 11.3 Å². The molecule has 3 aromatic rings. The topological polar surface area (TPSA) is 105 Å². The molecular formula is C17H13N3O3S. The van der Waals surface area contributed by atoms with E-state index in [1.807, 2.05) is 30.3 Å². The number of carbonyl (C=O) groups excluding carboxylic acids is 1. The van der Waals surface area contributed by atoms with Gasteiger partial charge in [0.15, 0.2) is 5.13 Å². The third kappa shape index (κ3) is 3.26. The van der Waals surface area contributed by atoms with Crippen molar-refractivity contribution < 1.29 is 14.7 Å². The zero-order valence-corrected chi connectivity index (χ0v) is 13.2. The van der Waals surface area contributed by atoms with Crippen molar-refractivity contribution in [1.29, 1.82) is 0 Å². The molecule has 0 atom stereocenters. The molecule has 1 aromatic heterocycles. The van der Waals surface area contributed by atoms with Crippen molar-refractivity contribution in [2.75, 3.05) is 5.32 Å². The summed E-state index contributed by atoms with van der Waals surface area (Å²) in [4.78, 5) is 27.1. The van der Waals surface area contributed by atoms with Gasteiger partial charge in [-0.2, -0.15) is 0 Å². The van der Waals surface area contributed by atoms with E-state index >= 15 is 0 Å². The quantitative estimate of drug-likeness (QED) is 0.661. The van der Waals surface area contributed by atoms with Crippen LogP contribution in [0.1, 0.15) is 20.0 Å². The number of nitrogens with zero attached hydrogens (tertiary/aromatic N) is 1. The van der Waals surface area contributed by atoms with Crippen LogP contribution in [0.5, 0.6) is 0 Å². The molecule has 4 N–H and O–H groups in total. The number of primary amides is 1. The molecule has 1 heterocycles. The number of amides is 1. The van der Waals surface area contributed by atoms with Crippen molar-refractivity contribution in [3.63, 3.8) is 0 Å². The van der Waals surface area contributed by atoms with Crippen molar-refractivity contribution in [3.8, 4) is 11.3 Å². The van der Waals surface area contributed by atoms with E-state index in [0.717, 1.165) is 16.9 Å². The van der Waals surface area contributed by atoms with Gasteiger partial charge in [0.05, 0.1) is 5.69 Å². The zero-order valence-electron chi connectivity index (χ0n) is 12.4. The first-order valence-electron chi connectivity index (χ1n) is 7.01. The number of hydrogen-bond donors (Lipinski definition) is 3. The first-order valence-corrected chi connectivity index (χ1v) is 7.82. The first kappa shape index (κ1) is 15.7. The molecule has 0 aliphatic rings. The number of hydrogen-bond acceptors (Lipinski definition) is 5. The Hall–Kier alpha value is -3.19. The van der Waals surface area contributed by atoms with Crippen LogP contribution >= 0.6 is 11.3 Å². The van der Waals surface area contributed by atoms with Gasteiger partial charge in [-0.15, -0.1) is 0 Å². The van der Waals surface area contributed by atoms with Crippen LogP contribution < -0.4 is 11.1 Å². The van der Waals surface area contributed by atoms with Crippen molar-refractivity contribution in [2.45, 2.75) is 0 Å². The van der Waals surface area contributed by atoms with Gasteiger partial charge < -0.3 is 16.2 Å². The van der Waals surface area contributed by atoms with Crippen LogP contribution in [0.15, 0.2) is 54.6 Å². The molecule has 0 saturated heterocycles. The van der Waals surface area contributed by atoms with Crippen molar-refractivity contribution in [3.05, 3.63) is 65.0 Å². The average Bonchev–Trinajstić information content (AvgIpc) is 3.00. The standard InChI is InChI=1S/C17H13N3O3S/c18-15(21)11-6-8-12(9-7-11)19-17-20-13(14(24-17)16(22)23)10-4-2-1-3-5-10/h1-9H,(H2,18,21)(H,19,20)(H,22,23). The Morgan fingerprint density at radius 1 is 1.04 bits per heavy atom. The molecule has 0 aliphatic heterocycles. The van der Waals surface area contributed by atoms with Gasteiger partial charge in [-0.05, 0) is 24.3 Å². The number of aromatic nitrogens is 1. The van der Waals surface area contributed by atoms with E-state index in [1.54, 1.807) is 24.3 Å². The molecule has 3 rings (SSSR count). The first-order chi connectivity index (χ1) is 11.5. The van der Waals surface area contributed by atoms with Crippen LogP contribution in [-0.2, 0) is 0 Å². The minimum absolute atomic E-state index is 0.164. The molecule has 120 valence electrons. The maximum Gasteiger partial charge on any atom is 0.348 e. The summed E-state index contributed by atoms with van der Waals surface area (Å²) in [5.74, 6) is -1.53. The predicted octanol–water partition coefficient (Wildman–Crippen LogP) is 3.35. The van der Waals surface area contributed by atoms with Crippen LogP contribution in [0.3, 0.4) is 0 Å². The number of benzene rings is 2. The fourth-order valence-electron chi connectivity index (χ4n) is 2.15. The monoisotopic (exact) mass is 339 g/mol. The highest BCUT2D eigenvalue weighted by Gasteiger charge is 2.18. The number of thiazole rings is 1. The highest BCUT2D eigenvalue weighted by molar-refractivity contribution is 7.18. The maximum absolute atomic E-state index is 11.5. The normalized spacial score (nSPS) is 10.3. The van der Waals surface area contributed by atoms with E-state index in [2.05, 4.69) is 10.3 Å². The maximum atomic E-state index is 11.5. The van der Waals surface area contributed by atoms with E-state index in [4.69, 9.17) is 5.73 Å². The SMILES string of the molecule is NC(=O)c1ccc(Nc2nc(-c3ccccc3)c(C(=O)O)s2)cc1. The molecule has 0 saturated carbocycles. The number of rotatable bonds is 5. The largest absolute Gasteiger partial charge is 0.477 e. The van der Waals surface area contributed by atoms with E-state index in [0.29, 0.717) is 22.1 Å². The summed E-state index contributed by atoms with van der Waals surface area (Å²) in [5.41, 5.74) is 7.45. The van der Waals surface area contributed by atoms with E-state index in [1.165, 1.54) is 0 Å². The van der Waals surface area contributed by atoms with Crippen molar-refractivity contribution >= 4 is 34.0 Å². The minimum Gasteiger partial charge on any atom is -0.477 e. The Balaban J connectivity index is 1.92. The summed E-state index contributed by atoms with van der Waals surface area (Å²) in [6.07, 6.45) is 0. The number of anilines is 2. The van der Waals surface area contributed by atoms with Gasteiger partial charge in [0.1, 0.15) is 4.88 Å². The Kier molecular flexibility index (Phi) is 4.26. The number of carboxylic acid groups (broad SMARTS) is 1. The Morgan fingerprint density at radius 2 is 1.71 bits per heavy atom. The van der Waals surface area contributed by atoms with Gasteiger partial charge in [-0.25, -0.2) is 9.78 Å². The van der Waals surface area contributed by atoms with Gasteiger partial charge in [0.2, 0.25) is 5.91 Å². The van der Waals surface area contributed by atoms with E-state index < -0.39 is 11.9 Å². The van der Waals surface area contributed by atoms with Gasteiger partial charge in [0, 0.05) is 16.8 Å². The molecule has 0 radical (unpaired) electrons. The minimum atomic E-state index is -1.02. The molecule has 2 aromatic carbocycles. The molecule has 7 heteroatoms. The smallest absolute Gasteiger partial charge is 0.348 e. The summed E-state index contributed by atoms with van der Waals surface area (Å²) in [6.45, 7) is 0. The molecule has 0 aliphatic carbocycles. The number of carbonyl (C=O) groups is 2. The Labute approximate surface area is 141 Å². The van der Waals surface area contributed by atoms with Gasteiger partial charge in [-0.3, -0.25) is 4.79 Å². The third-order valence-electron chi connectivity index (χ3n) is 3.29. The van der Waals surface area contributed by atoms with Gasteiger partial charge in [-0.1, -0.05) is 41.7 Å². The molecular weight excluding hydrogens is 326 g/mol. The van der Waals surface area contributed by atoms with E-state index in [-0.39, 0.29) is 4.88 Å². The third-order valence-corrected chi connectivity index (χ3v) is 4.25. The predicted molar refractivity (Wildman–Crippen MR) is 92.8 cm³/mol. The van der Waals surface area contributed by atoms with Gasteiger partial charge >= 0.3 is 5.97 Å². The lowest BCUT2D eigenvalue weighted by atomic mass is 10.1. The second-order valence-corrected chi connectivity index (χ2v) is 5.93. The fourth-order valence-corrected chi connectivity index (χ4v) is 3.00. The van der Waals surface area contributed by atoms with Crippen LogP contribution in [0, 0.1) is 0 Å². The lowest BCUT2D eigenvalue weighted by Gasteiger charge is -2.03. The van der Waals surface area contributed by atoms with E-state index in [9.17, 15) is 14.7 Å². The lowest BCUT2D eigenvalue weighted by molar-refractivity contribution is 0.0702. The molecule has 24 heavy (non-hydrogen) atoms. The fraction of sp³-hybridized carbons (Fsp3) is 0. The van der Waals surface area contributed by atoms with Crippen LogP contribution in [0.4, 0.5) is 10.8 Å². The van der Waals surface area contributed by atoms with Crippen LogP contribution in [0.2, 0.25) is 0 Å². The summed E-state index contributed by atoms with van der Waals surface area (Å²) in [7, 11) is 0. The summed E-state index contributed by atoms with van der Waals surface area (Å²) < 4.78 is 0. The molecule has 0 unspecified atom stereocenters. The Morgan fingerprint density at radius 3 is 2.29 bits per heavy atom. The second-order valence-electron chi connectivity index (χ2n) is 4.93. The molecule has 0 fully saturated rings. The zero-order chi connectivity index (χ0) is 17.1. The number of carboxylic acids is 1. The number of aromatic carboxylic acids is 1. The highest BCUT2D eigenvalue weighted by Crippen LogP contribution is 2.32. The number of nitrogens with two attached hydrogens (primary N) is 1. The second kappa shape index (κ2) is 6.51. The summed E-state index contributed by atoms with van der Waals surface area (Å²) in [5, 5.41) is 12.9.